The highest BCUT2D eigenvalue weighted by Gasteiger charge is 2.59. The summed E-state index contributed by atoms with van der Waals surface area (Å²) in [5.41, 5.74) is 5.87. The Morgan fingerprint density at radius 3 is 1.41 bits per heavy atom. The normalized spacial score (nSPS) is 23.0. The smallest absolute Gasteiger partial charge is 0.249 e. The molecule has 2 atom stereocenters. The molecule has 1 aliphatic carbocycles. The van der Waals surface area contributed by atoms with Gasteiger partial charge in [0.25, 0.3) is 0 Å². The van der Waals surface area contributed by atoms with Gasteiger partial charge in [-0.25, -0.2) is 47.2 Å². The summed E-state index contributed by atoms with van der Waals surface area (Å²) >= 11 is 0. The molecule has 0 radical (unpaired) electrons. The van der Waals surface area contributed by atoms with Crippen LogP contribution in [0.3, 0.4) is 0 Å². The lowest BCUT2D eigenvalue weighted by Gasteiger charge is -2.44. The number of halogens is 2. The summed E-state index contributed by atoms with van der Waals surface area (Å²) in [6.07, 6.45) is 11.9. The third-order valence-corrected chi connectivity index (χ3v) is 16.5. The fraction of sp³-hybridized carbons (Fsp3) is 0.490. The minimum Gasteiger partial charge on any atom is -0.369 e. The quantitative estimate of drug-likeness (QED) is 0.156. The monoisotopic (exact) mass is 972 g/mol. The van der Waals surface area contributed by atoms with E-state index in [0.29, 0.717) is 18.4 Å². The summed E-state index contributed by atoms with van der Waals surface area (Å²) in [5.74, 6) is 0.225. The Labute approximate surface area is 411 Å². The van der Waals surface area contributed by atoms with E-state index in [1.54, 1.807) is 18.6 Å². The van der Waals surface area contributed by atoms with Gasteiger partial charge < -0.3 is 40.0 Å². The lowest BCUT2D eigenvalue weighted by molar-refractivity contribution is -0.152. The molecule has 6 fully saturated rings. The summed E-state index contributed by atoms with van der Waals surface area (Å²) in [7, 11) is 3.43. The summed E-state index contributed by atoms with van der Waals surface area (Å²) in [5, 5.41) is 8.56. The van der Waals surface area contributed by atoms with Gasteiger partial charge in [-0.15, -0.1) is 0 Å². The standard InChI is InChI=1S/C26H34N8OS.C25H29F2N7/c1-31-13-15-32(16-14-31)22-5-3-21(4-6-22)29-25-28-17-20-7-10-27-24(23(20)30-25)33-11-8-26(18-33)9-12-34(19-26)36(2)35;1-32-10-12-33(13-11-32)20-4-2-19(3-5-20)30-23-29-14-18-6-8-28-22(21(18)31-23)34-9-7-24(17-34)15-25(26,27)16-24/h3-7,10,17H,8-9,11-16,18-19H2,1-2H3,(H,28,29,30);2-6,8,14H,7,9-13,15-17H2,1H3,(H,29,30,31). The van der Waals surface area contributed by atoms with Crippen LogP contribution < -0.4 is 30.2 Å². The minimum atomic E-state index is -2.51. The predicted molar refractivity (Wildman–Crippen MR) is 276 cm³/mol. The number of fused-ring (bicyclic) bond motifs is 2. The molecule has 2 spiro atoms. The molecule has 2 unspecified atom stereocenters. The van der Waals surface area contributed by atoms with Crippen LogP contribution in [-0.2, 0) is 11.0 Å². The Morgan fingerprint density at radius 1 is 0.529 bits per heavy atom. The number of nitrogens with zero attached hydrogens (tertiary/aromatic N) is 13. The van der Waals surface area contributed by atoms with Gasteiger partial charge in [0.05, 0.1) is 11.0 Å². The van der Waals surface area contributed by atoms with Crippen molar-refractivity contribution in [3.8, 4) is 0 Å². The van der Waals surface area contributed by atoms with Gasteiger partial charge in [0.15, 0.2) is 11.6 Å². The average Bonchev–Trinajstić information content (AvgIpc) is 4.11. The molecule has 6 aromatic rings. The number of rotatable bonds is 9. The average molecular weight is 972 g/mol. The first-order valence-corrected chi connectivity index (χ1v) is 26.2. The number of anilines is 8. The number of nitrogens with one attached hydrogen (secondary N) is 2. The highest BCUT2D eigenvalue weighted by molar-refractivity contribution is 7.81. The van der Waals surface area contributed by atoms with Crippen molar-refractivity contribution in [2.45, 2.75) is 38.0 Å². The molecular formula is C51H63F2N15OS. The first-order chi connectivity index (χ1) is 33.9. The van der Waals surface area contributed by atoms with E-state index in [1.807, 2.05) is 36.7 Å². The van der Waals surface area contributed by atoms with Crippen LogP contribution in [0.4, 0.5) is 55.1 Å². The van der Waals surface area contributed by atoms with Gasteiger partial charge in [-0.2, -0.15) is 0 Å². The van der Waals surface area contributed by atoms with Crippen LogP contribution in [0.2, 0.25) is 0 Å². The van der Waals surface area contributed by atoms with Crippen molar-refractivity contribution in [2.24, 2.45) is 10.8 Å². The van der Waals surface area contributed by atoms with Crippen LogP contribution in [-0.4, -0.2) is 166 Å². The van der Waals surface area contributed by atoms with Gasteiger partial charge >= 0.3 is 0 Å². The molecule has 2 N–H and O–H groups in total. The number of pyridine rings is 2. The van der Waals surface area contributed by atoms with Crippen LogP contribution in [0, 0.1) is 10.8 Å². The largest absolute Gasteiger partial charge is 0.369 e. The SMILES string of the molecule is CN1CCN(c2ccc(Nc3ncc4ccnc(N5CCC6(C5)CC(F)(F)C6)c4n3)cc2)CC1.CN1CCN(c2ccc(Nc3ncc4ccnc(N5CCC6(CCN(S(C)=O)C6)C5)c4n3)cc2)CC1. The van der Waals surface area contributed by atoms with E-state index in [2.05, 4.69) is 110 Å². The second-order valence-electron chi connectivity index (χ2n) is 20.5. The Kier molecular flexibility index (Phi) is 12.6. The third kappa shape index (κ3) is 9.89. The maximum absolute atomic E-state index is 13.6. The molecule has 70 heavy (non-hydrogen) atoms. The fourth-order valence-electron chi connectivity index (χ4n) is 11.4. The number of aromatic nitrogens is 6. The number of alkyl halides is 2. The van der Waals surface area contributed by atoms with E-state index in [-0.39, 0.29) is 23.7 Å². The Hall–Kier alpha value is -5.89. The highest BCUT2D eigenvalue weighted by Crippen LogP contribution is 2.57. The maximum atomic E-state index is 13.6. The van der Waals surface area contributed by atoms with Crippen LogP contribution in [0.15, 0.2) is 85.5 Å². The number of hydrogen-bond donors (Lipinski definition) is 2. The molecule has 5 saturated heterocycles. The van der Waals surface area contributed by atoms with Crippen LogP contribution >= 0.6 is 0 Å². The van der Waals surface area contributed by atoms with Crippen molar-refractivity contribution < 1.29 is 13.0 Å². The summed E-state index contributed by atoms with van der Waals surface area (Å²) < 4.78 is 41.2. The predicted octanol–water partition coefficient (Wildman–Crippen LogP) is 6.86. The van der Waals surface area contributed by atoms with Gasteiger partial charge in [0.1, 0.15) is 11.0 Å². The number of piperazine rings is 2. The van der Waals surface area contributed by atoms with Gasteiger partial charge in [0.2, 0.25) is 17.8 Å². The molecule has 0 bridgehead atoms. The summed E-state index contributed by atoms with van der Waals surface area (Å²) in [6.45, 7) is 13.5. The molecule has 6 aliphatic rings. The van der Waals surface area contributed by atoms with Crippen LogP contribution in [0.5, 0.6) is 0 Å². The lowest BCUT2D eigenvalue weighted by Crippen LogP contribution is -2.47. The molecule has 16 nitrogen and oxygen atoms in total. The van der Waals surface area contributed by atoms with Crippen LogP contribution in [0.1, 0.15) is 32.1 Å². The van der Waals surface area contributed by atoms with E-state index in [4.69, 9.17) is 15.0 Å². The zero-order valence-corrected chi connectivity index (χ0v) is 41.2. The number of likely N-dealkylation sites (N-methyl/N-ethyl adjacent to an activating group) is 2. The van der Waals surface area contributed by atoms with E-state index in [0.717, 1.165) is 149 Å². The molecular weight excluding hydrogens is 909 g/mol. The van der Waals surface area contributed by atoms with Crippen molar-refractivity contribution in [1.29, 1.82) is 0 Å². The van der Waals surface area contributed by atoms with Gasteiger partial charge in [-0.05, 0) is 94.0 Å². The van der Waals surface area contributed by atoms with E-state index >= 15 is 0 Å². The van der Waals surface area contributed by atoms with E-state index < -0.39 is 16.9 Å². The molecule has 1 saturated carbocycles. The Balaban J connectivity index is 0.000000153. The first kappa shape index (κ1) is 46.5. The second kappa shape index (κ2) is 19.0. The molecule has 0 amide bonds. The van der Waals surface area contributed by atoms with Gasteiger partial charge in [0, 0.05) is 180 Å². The Morgan fingerprint density at radius 2 is 0.971 bits per heavy atom. The lowest BCUT2D eigenvalue weighted by atomic mass is 9.65. The topological polar surface area (TPSA) is 141 Å². The van der Waals surface area contributed by atoms with Crippen molar-refractivity contribution in [3.05, 3.63) is 85.5 Å². The third-order valence-electron chi connectivity index (χ3n) is 15.5. The zero-order valence-electron chi connectivity index (χ0n) is 40.4. The van der Waals surface area contributed by atoms with Crippen molar-refractivity contribution >= 4 is 79.1 Å². The molecule has 5 aliphatic heterocycles. The minimum absolute atomic E-state index is 0.0207. The zero-order chi connectivity index (χ0) is 48.0. The van der Waals surface area contributed by atoms with E-state index in [1.165, 1.54) is 11.4 Å². The molecule has 2 aromatic carbocycles. The molecule has 9 heterocycles. The van der Waals surface area contributed by atoms with Crippen molar-refractivity contribution in [1.82, 2.24) is 44.0 Å². The van der Waals surface area contributed by atoms with Crippen LogP contribution in [0.25, 0.3) is 21.8 Å². The Bertz CT molecular complexity index is 2840. The maximum Gasteiger partial charge on any atom is 0.249 e. The summed E-state index contributed by atoms with van der Waals surface area (Å²) in [4.78, 5) is 42.0. The molecule has 368 valence electrons. The first-order valence-electron chi connectivity index (χ1n) is 24.7. The molecule has 12 rings (SSSR count). The van der Waals surface area contributed by atoms with Crippen molar-refractivity contribution in [3.63, 3.8) is 0 Å². The summed E-state index contributed by atoms with van der Waals surface area (Å²) in [6, 6.07) is 20.7. The highest BCUT2D eigenvalue weighted by atomic mass is 32.2. The van der Waals surface area contributed by atoms with Gasteiger partial charge in [-0.1, -0.05) is 0 Å². The van der Waals surface area contributed by atoms with E-state index in [9.17, 15) is 13.0 Å². The second-order valence-corrected chi connectivity index (χ2v) is 21.9. The molecule has 4 aromatic heterocycles. The van der Waals surface area contributed by atoms with Crippen molar-refractivity contribution in [2.75, 3.05) is 142 Å². The van der Waals surface area contributed by atoms with Gasteiger partial charge in [-0.3, -0.25) is 0 Å². The number of benzene rings is 2. The fourth-order valence-corrected chi connectivity index (χ4v) is 12.2. The number of hydrogen-bond acceptors (Lipinski definition) is 15. The molecule has 19 heteroatoms.